The van der Waals surface area contributed by atoms with Gasteiger partial charge in [-0.05, 0) is 49.4 Å². The van der Waals surface area contributed by atoms with Crippen LogP contribution in [-0.4, -0.2) is 13.1 Å². The molecular weight excluding hydrogens is 206 g/mol. The normalized spacial score (nSPS) is 17.1. The Bertz CT molecular complexity index is 292. The monoisotopic (exact) mass is 225 g/mol. The van der Waals surface area contributed by atoms with E-state index in [9.17, 15) is 0 Å². The molecule has 0 aromatic heterocycles. The van der Waals surface area contributed by atoms with Crippen LogP contribution in [0.2, 0.25) is 0 Å². The average molecular weight is 226 g/mol. The molecule has 1 heterocycles. The van der Waals surface area contributed by atoms with Gasteiger partial charge in [-0.1, -0.05) is 31.2 Å². The summed E-state index contributed by atoms with van der Waals surface area (Å²) in [7, 11) is 0. The third-order valence-electron chi connectivity index (χ3n) is 3.21. The Balaban J connectivity index is 0.00000112. The number of nitrogens with one attached hydrogen (secondary N) is 1. The zero-order valence-corrected chi connectivity index (χ0v) is 10.1. The van der Waals surface area contributed by atoms with Gasteiger partial charge in [0.05, 0.1) is 0 Å². The molecule has 15 heavy (non-hydrogen) atoms. The summed E-state index contributed by atoms with van der Waals surface area (Å²) >= 11 is 0. The summed E-state index contributed by atoms with van der Waals surface area (Å²) in [6.45, 7) is 4.62. The van der Waals surface area contributed by atoms with Crippen LogP contribution in [0.25, 0.3) is 0 Å². The molecule has 0 atom stereocenters. The highest BCUT2D eigenvalue weighted by molar-refractivity contribution is 5.85. The zero-order valence-electron chi connectivity index (χ0n) is 9.33. The SMILES string of the molecule is CCc1ccccc1C1CCNCC1.Cl. The van der Waals surface area contributed by atoms with E-state index in [1.807, 2.05) is 0 Å². The fraction of sp³-hybridized carbons (Fsp3) is 0.538. The van der Waals surface area contributed by atoms with E-state index in [-0.39, 0.29) is 12.4 Å². The molecule has 1 fully saturated rings. The van der Waals surface area contributed by atoms with E-state index in [4.69, 9.17) is 0 Å². The minimum Gasteiger partial charge on any atom is -0.317 e. The van der Waals surface area contributed by atoms with Crippen molar-refractivity contribution in [1.29, 1.82) is 0 Å². The third kappa shape index (κ3) is 2.96. The van der Waals surface area contributed by atoms with Crippen molar-refractivity contribution in [2.75, 3.05) is 13.1 Å². The lowest BCUT2D eigenvalue weighted by atomic mass is 9.86. The van der Waals surface area contributed by atoms with Crippen LogP contribution in [0.1, 0.15) is 36.8 Å². The third-order valence-corrected chi connectivity index (χ3v) is 3.21. The fourth-order valence-electron chi connectivity index (χ4n) is 2.39. The molecule has 2 heteroatoms. The lowest BCUT2D eigenvalue weighted by Gasteiger charge is -2.24. The number of halogens is 1. The van der Waals surface area contributed by atoms with Crippen LogP contribution in [0.4, 0.5) is 0 Å². The van der Waals surface area contributed by atoms with Crippen LogP contribution < -0.4 is 5.32 Å². The number of rotatable bonds is 2. The second-order valence-electron chi connectivity index (χ2n) is 4.08. The molecule has 1 aliphatic heterocycles. The Labute approximate surface area is 98.7 Å². The van der Waals surface area contributed by atoms with Crippen LogP contribution in [0.5, 0.6) is 0 Å². The van der Waals surface area contributed by atoms with Crippen molar-refractivity contribution >= 4 is 12.4 Å². The summed E-state index contributed by atoms with van der Waals surface area (Å²) in [6, 6.07) is 8.92. The molecule has 0 spiro atoms. The molecule has 1 aromatic carbocycles. The van der Waals surface area contributed by atoms with Crippen molar-refractivity contribution in [2.24, 2.45) is 0 Å². The minimum atomic E-state index is 0. The van der Waals surface area contributed by atoms with Crippen LogP contribution >= 0.6 is 12.4 Å². The highest BCUT2D eigenvalue weighted by atomic mass is 35.5. The predicted molar refractivity (Wildman–Crippen MR) is 67.9 cm³/mol. The van der Waals surface area contributed by atoms with E-state index >= 15 is 0 Å². The summed E-state index contributed by atoms with van der Waals surface area (Å²) in [5.74, 6) is 0.799. The van der Waals surface area contributed by atoms with Crippen molar-refractivity contribution in [1.82, 2.24) is 5.32 Å². The first-order valence-electron chi connectivity index (χ1n) is 5.70. The zero-order chi connectivity index (χ0) is 9.80. The lowest BCUT2D eigenvalue weighted by Crippen LogP contribution is -2.27. The van der Waals surface area contributed by atoms with Gasteiger partial charge in [0.2, 0.25) is 0 Å². The van der Waals surface area contributed by atoms with Gasteiger partial charge in [0.25, 0.3) is 0 Å². The summed E-state index contributed by atoms with van der Waals surface area (Å²) in [5, 5.41) is 3.42. The number of hydrogen-bond donors (Lipinski definition) is 1. The van der Waals surface area contributed by atoms with Gasteiger partial charge in [-0.15, -0.1) is 12.4 Å². The van der Waals surface area contributed by atoms with Crippen molar-refractivity contribution < 1.29 is 0 Å². The molecule has 1 aliphatic rings. The van der Waals surface area contributed by atoms with Gasteiger partial charge >= 0.3 is 0 Å². The second-order valence-corrected chi connectivity index (χ2v) is 4.08. The Morgan fingerprint density at radius 3 is 2.53 bits per heavy atom. The van der Waals surface area contributed by atoms with E-state index in [1.54, 1.807) is 11.1 Å². The van der Waals surface area contributed by atoms with E-state index in [0.717, 1.165) is 5.92 Å². The summed E-state index contributed by atoms with van der Waals surface area (Å²) in [5.41, 5.74) is 3.14. The first-order valence-corrected chi connectivity index (χ1v) is 5.70. The lowest BCUT2D eigenvalue weighted by molar-refractivity contribution is 0.458. The van der Waals surface area contributed by atoms with Crippen LogP contribution in [0.15, 0.2) is 24.3 Å². The molecule has 0 saturated carbocycles. The average Bonchev–Trinajstić information content (AvgIpc) is 2.30. The standard InChI is InChI=1S/C13H19N.ClH/c1-2-11-5-3-4-6-13(11)12-7-9-14-10-8-12;/h3-6,12,14H,2,7-10H2,1H3;1H. The van der Waals surface area contributed by atoms with Crippen molar-refractivity contribution in [3.05, 3.63) is 35.4 Å². The van der Waals surface area contributed by atoms with Crippen LogP contribution in [0.3, 0.4) is 0 Å². The van der Waals surface area contributed by atoms with Crippen LogP contribution in [-0.2, 0) is 6.42 Å². The predicted octanol–water partition coefficient (Wildman–Crippen LogP) is 3.14. The first-order chi connectivity index (χ1) is 6.92. The van der Waals surface area contributed by atoms with Gasteiger partial charge < -0.3 is 5.32 Å². The molecule has 0 unspecified atom stereocenters. The Morgan fingerprint density at radius 2 is 1.87 bits per heavy atom. The number of benzene rings is 1. The molecule has 0 radical (unpaired) electrons. The molecule has 2 rings (SSSR count). The summed E-state index contributed by atoms with van der Waals surface area (Å²) < 4.78 is 0. The molecule has 0 aliphatic carbocycles. The van der Waals surface area contributed by atoms with E-state index in [0.29, 0.717) is 0 Å². The second kappa shape index (κ2) is 6.14. The van der Waals surface area contributed by atoms with Crippen molar-refractivity contribution in [3.63, 3.8) is 0 Å². The first kappa shape index (κ1) is 12.5. The van der Waals surface area contributed by atoms with Crippen LogP contribution in [0, 0.1) is 0 Å². The van der Waals surface area contributed by atoms with E-state index in [2.05, 4.69) is 36.5 Å². The molecule has 1 saturated heterocycles. The highest BCUT2D eigenvalue weighted by Crippen LogP contribution is 2.27. The Kier molecular flexibility index (Phi) is 5.13. The molecule has 1 aromatic rings. The molecule has 84 valence electrons. The molecule has 0 bridgehead atoms. The fourth-order valence-corrected chi connectivity index (χ4v) is 2.39. The van der Waals surface area contributed by atoms with Gasteiger partial charge in [-0.25, -0.2) is 0 Å². The van der Waals surface area contributed by atoms with Gasteiger partial charge in [-0.3, -0.25) is 0 Å². The van der Waals surface area contributed by atoms with Crippen molar-refractivity contribution in [2.45, 2.75) is 32.1 Å². The minimum absolute atomic E-state index is 0. The Hall–Kier alpha value is -0.530. The largest absolute Gasteiger partial charge is 0.317 e. The number of piperidine rings is 1. The van der Waals surface area contributed by atoms with Gasteiger partial charge in [0.1, 0.15) is 0 Å². The maximum atomic E-state index is 3.42. The van der Waals surface area contributed by atoms with Gasteiger partial charge in [0, 0.05) is 0 Å². The topological polar surface area (TPSA) is 12.0 Å². The van der Waals surface area contributed by atoms with Gasteiger partial charge in [-0.2, -0.15) is 0 Å². The molecule has 0 amide bonds. The molecular formula is C13H20ClN. The summed E-state index contributed by atoms with van der Waals surface area (Å²) in [4.78, 5) is 0. The van der Waals surface area contributed by atoms with Crippen molar-refractivity contribution in [3.8, 4) is 0 Å². The number of hydrogen-bond acceptors (Lipinski definition) is 1. The highest BCUT2D eigenvalue weighted by Gasteiger charge is 2.16. The van der Waals surface area contributed by atoms with E-state index < -0.39 is 0 Å². The molecule has 1 nitrogen and oxygen atoms in total. The summed E-state index contributed by atoms with van der Waals surface area (Å²) in [6.07, 6.45) is 3.77. The van der Waals surface area contributed by atoms with Gasteiger partial charge in [0.15, 0.2) is 0 Å². The van der Waals surface area contributed by atoms with E-state index in [1.165, 1.54) is 32.4 Å². The Morgan fingerprint density at radius 1 is 1.20 bits per heavy atom. The quantitative estimate of drug-likeness (QED) is 0.816. The molecule has 1 N–H and O–H groups in total. The number of aryl methyl sites for hydroxylation is 1. The maximum Gasteiger partial charge on any atom is -0.00431 e. The smallest absolute Gasteiger partial charge is 0.00431 e. The maximum absolute atomic E-state index is 3.42.